The first-order valence-electron chi connectivity index (χ1n) is 7.97. The number of benzene rings is 1. The van der Waals surface area contributed by atoms with Crippen molar-refractivity contribution in [3.63, 3.8) is 0 Å². The first-order valence-corrected chi connectivity index (χ1v) is 8.76. The third-order valence-electron chi connectivity index (χ3n) is 5.27. The van der Waals surface area contributed by atoms with Crippen LogP contribution in [0.5, 0.6) is 0 Å². The number of hydrogen-bond donors (Lipinski definition) is 4. The number of rotatable bonds is 2. The Morgan fingerprint density at radius 1 is 1.33 bits per heavy atom. The molecule has 6 nitrogen and oxygen atoms in total. The van der Waals surface area contributed by atoms with Crippen molar-refractivity contribution >= 4 is 32.7 Å². The van der Waals surface area contributed by atoms with Gasteiger partial charge in [0.2, 0.25) is 0 Å². The topological polar surface area (TPSA) is 109 Å². The highest BCUT2D eigenvalue weighted by Crippen LogP contribution is 2.46. The van der Waals surface area contributed by atoms with Crippen LogP contribution in [0.25, 0.3) is 10.9 Å². The minimum absolute atomic E-state index is 0.0343. The van der Waals surface area contributed by atoms with Crippen LogP contribution in [0.15, 0.2) is 28.7 Å². The number of ether oxygens (including phenoxy) is 1. The summed E-state index contributed by atoms with van der Waals surface area (Å²) < 4.78 is 6.19. The molecule has 1 saturated heterocycles. The molecule has 0 spiro atoms. The van der Waals surface area contributed by atoms with Gasteiger partial charge in [-0.2, -0.15) is 0 Å². The van der Waals surface area contributed by atoms with Crippen molar-refractivity contribution < 1.29 is 20.1 Å². The van der Waals surface area contributed by atoms with Gasteiger partial charge in [0, 0.05) is 5.39 Å². The SMILES string of the molecule is Nc1nc2cc(C[C@@H]3CC[C@@]4(O)[C@@H]3OC(O)[C@@H]4O)ccc2cc1Br. The number of pyridine rings is 1. The lowest BCUT2D eigenvalue weighted by Crippen LogP contribution is -2.46. The Balaban J connectivity index is 1.60. The van der Waals surface area contributed by atoms with Gasteiger partial charge in [-0.25, -0.2) is 4.98 Å². The molecule has 2 heterocycles. The zero-order valence-electron chi connectivity index (χ0n) is 12.9. The molecule has 2 aromatic rings. The lowest BCUT2D eigenvalue weighted by molar-refractivity contribution is -0.137. The van der Waals surface area contributed by atoms with E-state index in [0.717, 1.165) is 27.4 Å². The average Bonchev–Trinajstić information content (AvgIpc) is 2.96. The van der Waals surface area contributed by atoms with Gasteiger partial charge in [0.15, 0.2) is 6.29 Å². The summed E-state index contributed by atoms with van der Waals surface area (Å²) >= 11 is 3.37. The molecule has 0 radical (unpaired) electrons. The van der Waals surface area contributed by atoms with Crippen LogP contribution < -0.4 is 5.73 Å². The molecule has 4 rings (SSSR count). The number of anilines is 1. The van der Waals surface area contributed by atoms with E-state index in [2.05, 4.69) is 20.9 Å². The molecule has 1 aromatic heterocycles. The van der Waals surface area contributed by atoms with E-state index in [-0.39, 0.29) is 5.92 Å². The molecule has 0 bridgehead atoms. The van der Waals surface area contributed by atoms with Gasteiger partial charge in [0.05, 0.1) is 16.1 Å². The van der Waals surface area contributed by atoms with Crippen molar-refractivity contribution in [2.45, 2.75) is 43.4 Å². The third-order valence-corrected chi connectivity index (χ3v) is 5.90. The van der Waals surface area contributed by atoms with E-state index in [1.165, 1.54) is 0 Å². The molecule has 24 heavy (non-hydrogen) atoms. The summed E-state index contributed by atoms with van der Waals surface area (Å²) in [6, 6.07) is 7.92. The maximum Gasteiger partial charge on any atom is 0.184 e. The normalized spacial score (nSPS) is 35.5. The number of nitrogens with two attached hydrogens (primary N) is 1. The number of halogens is 1. The summed E-state index contributed by atoms with van der Waals surface area (Å²) in [6.45, 7) is 0. The summed E-state index contributed by atoms with van der Waals surface area (Å²) in [5.41, 5.74) is 6.37. The Labute approximate surface area is 147 Å². The number of nitrogen functional groups attached to an aromatic ring is 1. The van der Waals surface area contributed by atoms with Crippen LogP contribution in [-0.4, -0.2) is 44.4 Å². The van der Waals surface area contributed by atoms with Crippen molar-refractivity contribution in [3.05, 3.63) is 34.3 Å². The highest BCUT2D eigenvalue weighted by molar-refractivity contribution is 9.10. The van der Waals surface area contributed by atoms with Gasteiger partial charge < -0.3 is 25.8 Å². The van der Waals surface area contributed by atoms with Crippen LogP contribution in [0.1, 0.15) is 18.4 Å². The molecule has 5 N–H and O–H groups in total. The number of aliphatic hydroxyl groups is 3. The monoisotopic (exact) mass is 394 g/mol. The van der Waals surface area contributed by atoms with Gasteiger partial charge in [-0.1, -0.05) is 12.1 Å². The van der Waals surface area contributed by atoms with Gasteiger partial charge in [-0.15, -0.1) is 0 Å². The molecule has 1 unspecified atom stereocenters. The Morgan fingerprint density at radius 2 is 2.12 bits per heavy atom. The molecule has 128 valence electrons. The molecule has 1 saturated carbocycles. The van der Waals surface area contributed by atoms with Crippen LogP contribution in [0.2, 0.25) is 0 Å². The second-order valence-electron chi connectivity index (χ2n) is 6.77. The molecular formula is C17H19BrN2O4. The zero-order chi connectivity index (χ0) is 17.1. The number of aromatic nitrogens is 1. The first-order chi connectivity index (χ1) is 11.4. The summed E-state index contributed by atoms with van der Waals surface area (Å²) in [7, 11) is 0. The zero-order valence-corrected chi connectivity index (χ0v) is 14.5. The third kappa shape index (κ3) is 2.43. The molecule has 2 fully saturated rings. The van der Waals surface area contributed by atoms with Gasteiger partial charge in [0.1, 0.15) is 17.5 Å². The molecule has 1 aromatic carbocycles. The Hall–Kier alpha value is -1.25. The van der Waals surface area contributed by atoms with Gasteiger partial charge in [-0.3, -0.25) is 0 Å². The Morgan fingerprint density at radius 3 is 2.92 bits per heavy atom. The maximum atomic E-state index is 10.6. The van der Waals surface area contributed by atoms with Crippen molar-refractivity contribution in [3.8, 4) is 0 Å². The summed E-state index contributed by atoms with van der Waals surface area (Å²) in [6.07, 6.45) is -1.28. The van der Waals surface area contributed by atoms with Crippen molar-refractivity contribution in [1.82, 2.24) is 4.98 Å². The van der Waals surface area contributed by atoms with E-state index in [4.69, 9.17) is 10.5 Å². The minimum atomic E-state index is -1.35. The van der Waals surface area contributed by atoms with E-state index >= 15 is 0 Å². The summed E-state index contributed by atoms with van der Waals surface area (Å²) in [5.74, 6) is 0.479. The van der Waals surface area contributed by atoms with Crippen molar-refractivity contribution in [1.29, 1.82) is 0 Å². The van der Waals surface area contributed by atoms with E-state index in [9.17, 15) is 15.3 Å². The molecule has 0 amide bonds. The molecular weight excluding hydrogens is 376 g/mol. The first kappa shape index (κ1) is 16.2. The molecule has 1 aliphatic heterocycles. The smallest absolute Gasteiger partial charge is 0.184 e. The van der Waals surface area contributed by atoms with E-state index in [1.807, 2.05) is 24.3 Å². The predicted octanol–water partition coefficient (Wildman–Crippen LogP) is 1.34. The predicted molar refractivity (Wildman–Crippen MR) is 92.1 cm³/mol. The van der Waals surface area contributed by atoms with Crippen LogP contribution in [0.4, 0.5) is 5.82 Å². The van der Waals surface area contributed by atoms with Crippen molar-refractivity contribution in [2.75, 3.05) is 5.73 Å². The highest BCUT2D eigenvalue weighted by atomic mass is 79.9. The molecule has 1 aliphatic carbocycles. The standard InChI is InChI=1S/C17H19BrN2O4/c18-11-7-9-2-1-8(6-12(9)20-15(11)19)5-10-3-4-17(23)13(21)16(22)24-14(10)17/h1-2,6-7,10,13-14,16,21-23H,3-5H2,(H2,19,20)/t10-,13-,14+,16?,17-/m0/s1. The lowest BCUT2D eigenvalue weighted by Gasteiger charge is -2.25. The van der Waals surface area contributed by atoms with Crippen LogP contribution in [0, 0.1) is 5.92 Å². The fraction of sp³-hybridized carbons (Fsp3) is 0.471. The Kier molecular flexibility index (Phi) is 3.81. The lowest BCUT2D eigenvalue weighted by atomic mass is 9.90. The molecule has 5 atom stereocenters. The average molecular weight is 395 g/mol. The van der Waals surface area contributed by atoms with E-state index in [1.54, 1.807) is 0 Å². The quantitative estimate of drug-likeness (QED) is 0.611. The maximum absolute atomic E-state index is 10.6. The highest BCUT2D eigenvalue weighted by Gasteiger charge is 2.60. The largest absolute Gasteiger partial charge is 0.385 e. The van der Waals surface area contributed by atoms with Gasteiger partial charge in [-0.05, 0) is 58.8 Å². The number of aliphatic hydroxyl groups excluding tert-OH is 2. The number of hydrogen-bond acceptors (Lipinski definition) is 6. The van der Waals surface area contributed by atoms with E-state index < -0.39 is 24.1 Å². The second kappa shape index (κ2) is 5.64. The molecule has 2 aliphatic rings. The Bertz CT molecular complexity index is 801. The number of nitrogens with zero attached hydrogens (tertiary/aromatic N) is 1. The van der Waals surface area contributed by atoms with Gasteiger partial charge >= 0.3 is 0 Å². The van der Waals surface area contributed by atoms with Crippen LogP contribution in [0.3, 0.4) is 0 Å². The fourth-order valence-electron chi connectivity index (χ4n) is 3.98. The second-order valence-corrected chi connectivity index (χ2v) is 7.62. The minimum Gasteiger partial charge on any atom is -0.385 e. The van der Waals surface area contributed by atoms with E-state index in [0.29, 0.717) is 18.7 Å². The van der Waals surface area contributed by atoms with Gasteiger partial charge in [0.25, 0.3) is 0 Å². The van der Waals surface area contributed by atoms with Crippen LogP contribution >= 0.6 is 15.9 Å². The van der Waals surface area contributed by atoms with Crippen LogP contribution in [-0.2, 0) is 11.2 Å². The number of fused-ring (bicyclic) bond motifs is 2. The summed E-state index contributed by atoms with van der Waals surface area (Å²) in [4.78, 5) is 4.38. The fourth-order valence-corrected chi connectivity index (χ4v) is 4.31. The van der Waals surface area contributed by atoms with Crippen molar-refractivity contribution in [2.24, 2.45) is 5.92 Å². The summed E-state index contributed by atoms with van der Waals surface area (Å²) in [5, 5.41) is 31.2. The molecule has 7 heteroatoms.